The van der Waals surface area contributed by atoms with Crippen LogP contribution in [0.5, 0.6) is 0 Å². The zero-order valence-corrected chi connectivity index (χ0v) is 11.8. The summed E-state index contributed by atoms with van der Waals surface area (Å²) in [6.07, 6.45) is 5.72. The fraction of sp³-hybridized carbons (Fsp3) is 0.429. The number of hydrogen-bond donors (Lipinski definition) is 1. The lowest BCUT2D eigenvalue weighted by atomic mass is 10.2. The standard InChI is InChI=1S/C14H21N5/c1-15-8-12-4-5-13(17-9-12)10-18(2)11-14-16-6-7-19(14)3/h4-7,9,15H,8,10-11H2,1-3H3. The highest BCUT2D eigenvalue weighted by Gasteiger charge is 2.06. The molecule has 2 heterocycles. The number of aryl methyl sites for hydroxylation is 1. The molecular formula is C14H21N5. The van der Waals surface area contributed by atoms with E-state index in [1.807, 2.05) is 37.3 Å². The van der Waals surface area contributed by atoms with Crippen molar-refractivity contribution in [3.05, 3.63) is 47.8 Å². The number of aromatic nitrogens is 3. The number of pyridine rings is 1. The maximum atomic E-state index is 4.48. The van der Waals surface area contributed by atoms with E-state index in [2.05, 4.69) is 39.4 Å². The van der Waals surface area contributed by atoms with Gasteiger partial charge < -0.3 is 9.88 Å². The van der Waals surface area contributed by atoms with Gasteiger partial charge in [0.25, 0.3) is 0 Å². The first-order chi connectivity index (χ1) is 9.19. The summed E-state index contributed by atoms with van der Waals surface area (Å²) in [4.78, 5) is 11.0. The summed E-state index contributed by atoms with van der Waals surface area (Å²) in [5, 5.41) is 3.12. The van der Waals surface area contributed by atoms with Crippen molar-refractivity contribution in [1.82, 2.24) is 24.8 Å². The van der Waals surface area contributed by atoms with E-state index in [9.17, 15) is 0 Å². The van der Waals surface area contributed by atoms with E-state index in [1.165, 1.54) is 5.56 Å². The van der Waals surface area contributed by atoms with Gasteiger partial charge in [-0.1, -0.05) is 6.07 Å². The Morgan fingerprint density at radius 3 is 2.68 bits per heavy atom. The van der Waals surface area contributed by atoms with Gasteiger partial charge in [-0.3, -0.25) is 9.88 Å². The van der Waals surface area contributed by atoms with Gasteiger partial charge in [-0.2, -0.15) is 0 Å². The molecule has 5 heteroatoms. The van der Waals surface area contributed by atoms with Gasteiger partial charge in [0, 0.05) is 38.7 Å². The van der Waals surface area contributed by atoms with Crippen LogP contribution < -0.4 is 5.32 Å². The second-order valence-corrected chi connectivity index (χ2v) is 4.81. The SMILES string of the molecule is CNCc1ccc(CN(C)Cc2nccn2C)nc1. The van der Waals surface area contributed by atoms with E-state index < -0.39 is 0 Å². The molecule has 0 aromatic carbocycles. The van der Waals surface area contributed by atoms with Crippen molar-refractivity contribution in [2.75, 3.05) is 14.1 Å². The molecule has 0 aliphatic rings. The van der Waals surface area contributed by atoms with E-state index in [0.717, 1.165) is 31.2 Å². The van der Waals surface area contributed by atoms with Gasteiger partial charge in [0.2, 0.25) is 0 Å². The quantitative estimate of drug-likeness (QED) is 0.846. The van der Waals surface area contributed by atoms with Crippen LogP contribution in [-0.2, 0) is 26.7 Å². The van der Waals surface area contributed by atoms with E-state index in [4.69, 9.17) is 0 Å². The van der Waals surface area contributed by atoms with Crippen LogP contribution in [0, 0.1) is 0 Å². The second kappa shape index (κ2) is 6.45. The van der Waals surface area contributed by atoms with E-state index >= 15 is 0 Å². The molecule has 0 atom stereocenters. The number of hydrogen-bond acceptors (Lipinski definition) is 4. The third-order valence-corrected chi connectivity index (χ3v) is 3.03. The predicted molar refractivity (Wildman–Crippen MR) is 75.4 cm³/mol. The molecule has 0 bridgehead atoms. The van der Waals surface area contributed by atoms with E-state index in [0.29, 0.717) is 0 Å². The van der Waals surface area contributed by atoms with Crippen molar-refractivity contribution in [3.63, 3.8) is 0 Å². The molecule has 0 unspecified atom stereocenters. The Morgan fingerprint density at radius 1 is 1.26 bits per heavy atom. The molecule has 19 heavy (non-hydrogen) atoms. The molecule has 102 valence electrons. The Morgan fingerprint density at radius 2 is 2.11 bits per heavy atom. The van der Waals surface area contributed by atoms with Gasteiger partial charge in [-0.15, -0.1) is 0 Å². The largest absolute Gasteiger partial charge is 0.337 e. The molecule has 0 radical (unpaired) electrons. The highest BCUT2D eigenvalue weighted by Crippen LogP contribution is 2.06. The molecule has 0 spiro atoms. The van der Waals surface area contributed by atoms with Crippen LogP contribution in [0.4, 0.5) is 0 Å². The first-order valence-corrected chi connectivity index (χ1v) is 6.42. The van der Waals surface area contributed by atoms with Crippen molar-refractivity contribution in [3.8, 4) is 0 Å². The fourth-order valence-corrected chi connectivity index (χ4v) is 1.98. The van der Waals surface area contributed by atoms with Gasteiger partial charge >= 0.3 is 0 Å². The van der Waals surface area contributed by atoms with Crippen molar-refractivity contribution in [2.45, 2.75) is 19.6 Å². The molecule has 0 fully saturated rings. The van der Waals surface area contributed by atoms with Crippen molar-refractivity contribution < 1.29 is 0 Å². The van der Waals surface area contributed by atoms with Gasteiger partial charge in [0.15, 0.2) is 0 Å². The number of rotatable bonds is 6. The molecule has 0 amide bonds. The summed E-state index contributed by atoms with van der Waals surface area (Å²) in [5.41, 5.74) is 2.29. The maximum Gasteiger partial charge on any atom is 0.122 e. The third kappa shape index (κ3) is 3.87. The Balaban J connectivity index is 1.91. The maximum absolute atomic E-state index is 4.48. The molecule has 1 N–H and O–H groups in total. The molecule has 2 aromatic rings. The van der Waals surface area contributed by atoms with Crippen LogP contribution in [0.15, 0.2) is 30.7 Å². The minimum Gasteiger partial charge on any atom is -0.337 e. The highest BCUT2D eigenvalue weighted by molar-refractivity contribution is 5.13. The summed E-state index contributed by atoms with van der Waals surface area (Å²) in [7, 11) is 6.04. The van der Waals surface area contributed by atoms with Gasteiger partial charge in [0.1, 0.15) is 5.82 Å². The molecule has 0 aliphatic carbocycles. The average molecular weight is 259 g/mol. The second-order valence-electron chi connectivity index (χ2n) is 4.81. The summed E-state index contributed by atoms with van der Waals surface area (Å²) in [6, 6.07) is 4.20. The summed E-state index contributed by atoms with van der Waals surface area (Å²) >= 11 is 0. The zero-order chi connectivity index (χ0) is 13.7. The predicted octanol–water partition coefficient (Wildman–Crippen LogP) is 1.17. The minimum absolute atomic E-state index is 0.823. The Kier molecular flexibility index (Phi) is 4.65. The molecule has 0 saturated carbocycles. The van der Waals surface area contributed by atoms with Crippen LogP contribution in [0.2, 0.25) is 0 Å². The fourth-order valence-electron chi connectivity index (χ4n) is 1.98. The summed E-state index contributed by atoms with van der Waals surface area (Å²) in [5.74, 6) is 1.06. The lowest BCUT2D eigenvalue weighted by Crippen LogP contribution is -2.20. The Hall–Kier alpha value is -1.72. The van der Waals surface area contributed by atoms with Gasteiger partial charge in [-0.05, 0) is 25.7 Å². The van der Waals surface area contributed by atoms with Crippen LogP contribution in [0.1, 0.15) is 17.1 Å². The summed E-state index contributed by atoms with van der Waals surface area (Å²) < 4.78 is 2.04. The smallest absolute Gasteiger partial charge is 0.122 e. The molecule has 0 aliphatic heterocycles. The van der Waals surface area contributed by atoms with Crippen molar-refractivity contribution >= 4 is 0 Å². The molecule has 0 saturated heterocycles. The van der Waals surface area contributed by atoms with Crippen LogP contribution >= 0.6 is 0 Å². The highest BCUT2D eigenvalue weighted by atomic mass is 15.2. The van der Waals surface area contributed by atoms with Gasteiger partial charge in [0.05, 0.1) is 12.2 Å². The van der Waals surface area contributed by atoms with E-state index in [-0.39, 0.29) is 0 Å². The number of nitrogens with one attached hydrogen (secondary N) is 1. The number of nitrogens with zero attached hydrogens (tertiary/aromatic N) is 4. The first-order valence-electron chi connectivity index (χ1n) is 6.42. The topological polar surface area (TPSA) is 46.0 Å². The number of imidazole rings is 1. The average Bonchev–Trinajstić information content (AvgIpc) is 2.78. The van der Waals surface area contributed by atoms with Crippen LogP contribution in [-0.4, -0.2) is 33.5 Å². The third-order valence-electron chi connectivity index (χ3n) is 3.03. The van der Waals surface area contributed by atoms with Crippen LogP contribution in [0.25, 0.3) is 0 Å². The lowest BCUT2D eigenvalue weighted by Gasteiger charge is -2.16. The molecule has 5 nitrogen and oxygen atoms in total. The van der Waals surface area contributed by atoms with Crippen molar-refractivity contribution in [2.24, 2.45) is 7.05 Å². The van der Waals surface area contributed by atoms with Crippen LogP contribution in [0.3, 0.4) is 0 Å². The molecule has 2 rings (SSSR count). The monoisotopic (exact) mass is 259 g/mol. The molecule has 2 aromatic heterocycles. The van der Waals surface area contributed by atoms with Crippen molar-refractivity contribution in [1.29, 1.82) is 0 Å². The first kappa shape index (κ1) is 13.7. The Bertz CT molecular complexity index is 503. The molecular weight excluding hydrogens is 238 g/mol. The van der Waals surface area contributed by atoms with E-state index in [1.54, 1.807) is 0 Å². The summed E-state index contributed by atoms with van der Waals surface area (Å²) in [6.45, 7) is 2.51. The minimum atomic E-state index is 0.823. The zero-order valence-electron chi connectivity index (χ0n) is 11.8. The normalized spacial score (nSPS) is 11.2. The Labute approximate surface area is 114 Å². The lowest BCUT2D eigenvalue weighted by molar-refractivity contribution is 0.303. The van der Waals surface area contributed by atoms with Gasteiger partial charge in [-0.25, -0.2) is 4.98 Å².